The standard InChI is InChI=1S/C16H18N2O2/c1-10(11-7-8-11)18(2)16(20)14-9-12-5-3-4-6-13(12)15(19)17-14/h3-6,9-11H,7-8H2,1-2H3,(H,17,19)/t10-/m0/s1. The molecule has 0 unspecified atom stereocenters. The first-order valence-electron chi connectivity index (χ1n) is 6.97. The summed E-state index contributed by atoms with van der Waals surface area (Å²) in [4.78, 5) is 28.9. The van der Waals surface area contributed by atoms with Crippen LogP contribution in [0.5, 0.6) is 0 Å². The highest BCUT2D eigenvalue weighted by molar-refractivity contribution is 5.96. The number of amides is 1. The third-order valence-electron chi connectivity index (χ3n) is 4.22. The average Bonchev–Trinajstić information content (AvgIpc) is 3.29. The van der Waals surface area contributed by atoms with Gasteiger partial charge >= 0.3 is 0 Å². The Kier molecular flexibility index (Phi) is 3.08. The van der Waals surface area contributed by atoms with Gasteiger partial charge in [-0.05, 0) is 43.2 Å². The molecule has 1 aromatic heterocycles. The number of fused-ring (bicyclic) bond motifs is 1. The van der Waals surface area contributed by atoms with Gasteiger partial charge in [-0.3, -0.25) is 9.59 Å². The highest BCUT2D eigenvalue weighted by atomic mass is 16.2. The van der Waals surface area contributed by atoms with E-state index in [2.05, 4.69) is 11.9 Å². The van der Waals surface area contributed by atoms with E-state index in [1.807, 2.05) is 18.2 Å². The summed E-state index contributed by atoms with van der Waals surface area (Å²) >= 11 is 0. The number of rotatable bonds is 3. The molecule has 1 saturated carbocycles. The molecule has 0 spiro atoms. The van der Waals surface area contributed by atoms with Gasteiger partial charge in [0.2, 0.25) is 0 Å². The lowest BCUT2D eigenvalue weighted by Gasteiger charge is -2.24. The highest BCUT2D eigenvalue weighted by Crippen LogP contribution is 2.35. The van der Waals surface area contributed by atoms with Gasteiger partial charge in [-0.1, -0.05) is 18.2 Å². The zero-order valence-corrected chi connectivity index (χ0v) is 11.7. The molecule has 1 aliphatic rings. The minimum absolute atomic E-state index is 0.118. The van der Waals surface area contributed by atoms with Crippen LogP contribution in [-0.4, -0.2) is 28.9 Å². The van der Waals surface area contributed by atoms with Crippen LogP contribution in [0.3, 0.4) is 0 Å². The van der Waals surface area contributed by atoms with Gasteiger partial charge in [-0.25, -0.2) is 0 Å². The van der Waals surface area contributed by atoms with Gasteiger partial charge in [0.1, 0.15) is 5.69 Å². The Morgan fingerprint density at radius 3 is 2.75 bits per heavy atom. The van der Waals surface area contributed by atoms with Crippen molar-refractivity contribution in [2.45, 2.75) is 25.8 Å². The lowest BCUT2D eigenvalue weighted by atomic mass is 10.1. The number of nitrogens with one attached hydrogen (secondary N) is 1. The van der Waals surface area contributed by atoms with Crippen LogP contribution in [0.2, 0.25) is 0 Å². The van der Waals surface area contributed by atoms with E-state index < -0.39 is 0 Å². The first kappa shape index (κ1) is 12.9. The SMILES string of the molecule is C[C@@H](C1CC1)N(C)C(=O)c1cc2ccccc2c(=O)[nH]1. The Morgan fingerprint density at radius 1 is 1.35 bits per heavy atom. The number of aromatic nitrogens is 1. The largest absolute Gasteiger partial charge is 0.337 e. The number of carbonyl (C=O) groups excluding carboxylic acids is 1. The number of hydrogen-bond donors (Lipinski definition) is 1. The van der Waals surface area contributed by atoms with Gasteiger partial charge in [0.25, 0.3) is 11.5 Å². The quantitative estimate of drug-likeness (QED) is 0.931. The number of H-pyrrole nitrogens is 1. The van der Waals surface area contributed by atoms with Crippen molar-refractivity contribution >= 4 is 16.7 Å². The fraction of sp³-hybridized carbons (Fsp3) is 0.375. The topological polar surface area (TPSA) is 53.2 Å². The van der Waals surface area contributed by atoms with E-state index in [0.29, 0.717) is 17.0 Å². The van der Waals surface area contributed by atoms with E-state index in [0.717, 1.165) is 5.39 Å². The van der Waals surface area contributed by atoms with Crippen molar-refractivity contribution in [2.75, 3.05) is 7.05 Å². The number of nitrogens with zero attached hydrogens (tertiary/aromatic N) is 1. The lowest BCUT2D eigenvalue weighted by molar-refractivity contribution is 0.0721. The zero-order chi connectivity index (χ0) is 14.3. The molecule has 104 valence electrons. The minimum atomic E-state index is -0.209. The molecule has 1 atom stereocenters. The molecule has 0 saturated heterocycles. The molecule has 1 fully saturated rings. The highest BCUT2D eigenvalue weighted by Gasteiger charge is 2.33. The maximum absolute atomic E-state index is 12.5. The Morgan fingerprint density at radius 2 is 2.05 bits per heavy atom. The zero-order valence-electron chi connectivity index (χ0n) is 11.7. The van der Waals surface area contributed by atoms with E-state index in [1.165, 1.54) is 12.8 Å². The Balaban J connectivity index is 1.97. The first-order valence-corrected chi connectivity index (χ1v) is 6.97. The number of pyridine rings is 1. The molecule has 2 aromatic rings. The van der Waals surface area contributed by atoms with Crippen molar-refractivity contribution in [1.82, 2.24) is 9.88 Å². The van der Waals surface area contributed by atoms with Gasteiger partial charge in [0.05, 0.1) is 0 Å². The predicted octanol–water partition coefficient (Wildman–Crippen LogP) is 2.40. The first-order chi connectivity index (χ1) is 9.58. The molecule has 1 aliphatic carbocycles. The number of hydrogen-bond acceptors (Lipinski definition) is 2. The van der Waals surface area contributed by atoms with Gasteiger partial charge in [0, 0.05) is 18.5 Å². The monoisotopic (exact) mass is 270 g/mol. The van der Waals surface area contributed by atoms with Crippen LogP contribution in [-0.2, 0) is 0 Å². The average molecular weight is 270 g/mol. The summed E-state index contributed by atoms with van der Waals surface area (Å²) in [6, 6.07) is 9.28. The van der Waals surface area contributed by atoms with Gasteiger partial charge in [0.15, 0.2) is 0 Å². The van der Waals surface area contributed by atoms with E-state index >= 15 is 0 Å². The van der Waals surface area contributed by atoms with Gasteiger partial charge < -0.3 is 9.88 Å². The molecular weight excluding hydrogens is 252 g/mol. The number of benzene rings is 1. The van der Waals surface area contributed by atoms with Crippen LogP contribution >= 0.6 is 0 Å². The lowest BCUT2D eigenvalue weighted by Crippen LogP contribution is -2.37. The normalized spacial score (nSPS) is 16.1. The van der Waals surface area contributed by atoms with Crippen LogP contribution in [0.15, 0.2) is 35.1 Å². The molecule has 1 aromatic carbocycles. The maximum atomic E-state index is 12.5. The van der Waals surface area contributed by atoms with Crippen LogP contribution in [0, 0.1) is 5.92 Å². The molecule has 1 amide bonds. The molecule has 4 heteroatoms. The van der Waals surface area contributed by atoms with E-state index in [9.17, 15) is 9.59 Å². The second-order valence-electron chi connectivity index (χ2n) is 5.59. The molecule has 4 nitrogen and oxygen atoms in total. The molecule has 0 radical (unpaired) electrons. The summed E-state index contributed by atoms with van der Waals surface area (Å²) in [5.41, 5.74) is 0.155. The van der Waals surface area contributed by atoms with E-state index in [1.54, 1.807) is 24.1 Å². The molecule has 1 heterocycles. The Labute approximate surface area is 117 Å². The van der Waals surface area contributed by atoms with Crippen LogP contribution in [0.25, 0.3) is 10.8 Å². The summed E-state index contributed by atoms with van der Waals surface area (Å²) in [7, 11) is 1.80. The second-order valence-corrected chi connectivity index (χ2v) is 5.59. The third kappa shape index (κ3) is 2.22. The summed E-state index contributed by atoms with van der Waals surface area (Å²) < 4.78 is 0. The van der Waals surface area contributed by atoms with Crippen molar-refractivity contribution in [3.63, 3.8) is 0 Å². The smallest absolute Gasteiger partial charge is 0.270 e. The molecule has 3 rings (SSSR count). The fourth-order valence-electron chi connectivity index (χ4n) is 2.60. The Bertz CT molecular complexity index is 716. The van der Waals surface area contributed by atoms with Crippen LogP contribution < -0.4 is 5.56 Å². The number of aromatic amines is 1. The second kappa shape index (κ2) is 4.78. The number of carbonyl (C=O) groups is 1. The van der Waals surface area contributed by atoms with Gasteiger partial charge in [-0.15, -0.1) is 0 Å². The van der Waals surface area contributed by atoms with Crippen molar-refractivity contribution in [3.8, 4) is 0 Å². The van der Waals surface area contributed by atoms with Crippen LogP contribution in [0.4, 0.5) is 0 Å². The minimum Gasteiger partial charge on any atom is -0.337 e. The van der Waals surface area contributed by atoms with Crippen LogP contribution in [0.1, 0.15) is 30.3 Å². The van der Waals surface area contributed by atoms with Crippen molar-refractivity contribution in [2.24, 2.45) is 5.92 Å². The van der Waals surface area contributed by atoms with E-state index in [4.69, 9.17) is 0 Å². The predicted molar refractivity (Wildman–Crippen MR) is 78.8 cm³/mol. The summed E-state index contributed by atoms with van der Waals surface area (Å²) in [5, 5.41) is 1.41. The molecular formula is C16H18N2O2. The molecule has 0 bridgehead atoms. The summed E-state index contributed by atoms with van der Waals surface area (Å²) in [6.07, 6.45) is 2.38. The Hall–Kier alpha value is -2.10. The van der Waals surface area contributed by atoms with E-state index in [-0.39, 0.29) is 17.5 Å². The molecule has 1 N–H and O–H groups in total. The molecule has 0 aliphatic heterocycles. The van der Waals surface area contributed by atoms with Gasteiger partial charge in [-0.2, -0.15) is 0 Å². The van der Waals surface area contributed by atoms with Crippen molar-refractivity contribution < 1.29 is 4.79 Å². The maximum Gasteiger partial charge on any atom is 0.270 e. The summed E-state index contributed by atoms with van der Waals surface area (Å²) in [6.45, 7) is 2.06. The fourth-order valence-corrected chi connectivity index (χ4v) is 2.60. The summed E-state index contributed by atoms with van der Waals surface area (Å²) in [5.74, 6) is 0.489. The van der Waals surface area contributed by atoms with Crippen molar-refractivity contribution in [1.29, 1.82) is 0 Å². The third-order valence-corrected chi connectivity index (χ3v) is 4.22. The molecule has 20 heavy (non-hydrogen) atoms. The van der Waals surface area contributed by atoms with Crippen molar-refractivity contribution in [3.05, 3.63) is 46.4 Å².